The molecule has 1 aromatic carbocycles. The molecule has 0 spiro atoms. The van der Waals surface area contributed by atoms with E-state index in [1.165, 1.54) is 32.1 Å². The number of thiazole rings is 1. The standard InChI is InChI=1S/C20H22BrNO2S/c21-20-8-13-5-14(9-20)7-19(6-13,12-20)10-18(23)24-11-17-22-15-3-1-2-4-16(15)25-17/h1-4,13-14H,5-12H2/t13-,14+,19?,20?. The Morgan fingerprint density at radius 2 is 2.00 bits per heavy atom. The predicted molar refractivity (Wildman–Crippen MR) is 103 cm³/mol. The van der Waals surface area contributed by atoms with Gasteiger partial charge in [-0.25, -0.2) is 4.98 Å². The van der Waals surface area contributed by atoms with Gasteiger partial charge in [0.25, 0.3) is 0 Å². The molecule has 0 N–H and O–H groups in total. The van der Waals surface area contributed by atoms with E-state index in [1.807, 2.05) is 18.2 Å². The van der Waals surface area contributed by atoms with Crippen molar-refractivity contribution in [2.24, 2.45) is 17.3 Å². The summed E-state index contributed by atoms with van der Waals surface area (Å²) in [5.74, 6) is 1.56. The fraction of sp³-hybridized carbons (Fsp3) is 0.600. The lowest BCUT2D eigenvalue weighted by Crippen LogP contribution is -2.53. The molecule has 1 heterocycles. The smallest absolute Gasteiger partial charge is 0.306 e. The third kappa shape index (κ3) is 3.03. The lowest BCUT2D eigenvalue weighted by molar-refractivity contribution is -0.152. The summed E-state index contributed by atoms with van der Waals surface area (Å²) in [6.45, 7) is 0.306. The lowest BCUT2D eigenvalue weighted by atomic mass is 9.49. The average molecular weight is 420 g/mol. The summed E-state index contributed by atoms with van der Waals surface area (Å²) in [4.78, 5) is 17.1. The van der Waals surface area contributed by atoms with Gasteiger partial charge >= 0.3 is 5.97 Å². The number of ether oxygens (including phenoxy) is 1. The van der Waals surface area contributed by atoms with Gasteiger partial charge in [0, 0.05) is 4.32 Å². The highest BCUT2D eigenvalue weighted by Crippen LogP contribution is 2.65. The first kappa shape index (κ1) is 16.2. The second-order valence-corrected chi connectivity index (χ2v) is 11.3. The molecule has 5 heteroatoms. The lowest BCUT2D eigenvalue weighted by Gasteiger charge is -2.60. The van der Waals surface area contributed by atoms with Crippen LogP contribution in [0.4, 0.5) is 0 Å². The van der Waals surface area contributed by atoms with Crippen molar-refractivity contribution < 1.29 is 9.53 Å². The zero-order valence-corrected chi connectivity index (χ0v) is 16.6. The number of fused-ring (bicyclic) bond motifs is 1. The first-order valence-corrected chi connectivity index (χ1v) is 10.8. The Morgan fingerprint density at radius 1 is 1.24 bits per heavy atom. The van der Waals surface area contributed by atoms with E-state index in [0.717, 1.165) is 33.5 Å². The molecule has 4 bridgehead atoms. The van der Waals surface area contributed by atoms with E-state index in [1.54, 1.807) is 11.3 Å². The zero-order valence-electron chi connectivity index (χ0n) is 14.2. The van der Waals surface area contributed by atoms with Crippen molar-refractivity contribution in [3.8, 4) is 0 Å². The Hall–Kier alpha value is -0.940. The highest BCUT2D eigenvalue weighted by Gasteiger charge is 2.57. The van der Waals surface area contributed by atoms with Gasteiger partial charge in [0.15, 0.2) is 0 Å². The van der Waals surface area contributed by atoms with Crippen LogP contribution in [0.3, 0.4) is 0 Å². The van der Waals surface area contributed by atoms with Crippen LogP contribution in [0.15, 0.2) is 24.3 Å². The molecule has 25 heavy (non-hydrogen) atoms. The summed E-state index contributed by atoms with van der Waals surface area (Å²) >= 11 is 5.63. The van der Waals surface area contributed by atoms with Crippen LogP contribution in [0.2, 0.25) is 0 Å². The molecule has 4 aliphatic rings. The van der Waals surface area contributed by atoms with E-state index in [9.17, 15) is 4.79 Å². The van der Waals surface area contributed by atoms with Gasteiger partial charge in [-0.3, -0.25) is 4.79 Å². The van der Waals surface area contributed by atoms with E-state index in [2.05, 4.69) is 27.0 Å². The molecular weight excluding hydrogens is 398 g/mol. The van der Waals surface area contributed by atoms with E-state index >= 15 is 0 Å². The van der Waals surface area contributed by atoms with Gasteiger partial charge in [0.1, 0.15) is 11.6 Å². The fourth-order valence-corrected chi connectivity index (χ4v) is 8.41. The van der Waals surface area contributed by atoms with Gasteiger partial charge < -0.3 is 4.74 Å². The van der Waals surface area contributed by atoms with E-state index < -0.39 is 0 Å². The number of alkyl halides is 1. The van der Waals surface area contributed by atoms with Gasteiger partial charge in [0.05, 0.1) is 16.6 Å². The molecule has 0 aliphatic heterocycles. The Kier molecular flexibility index (Phi) is 3.76. The summed E-state index contributed by atoms with van der Waals surface area (Å²) in [7, 11) is 0. The van der Waals surface area contributed by atoms with E-state index in [-0.39, 0.29) is 11.4 Å². The molecule has 2 aromatic rings. The minimum Gasteiger partial charge on any atom is -0.458 e. The highest BCUT2D eigenvalue weighted by molar-refractivity contribution is 9.10. The van der Waals surface area contributed by atoms with Crippen LogP contribution in [-0.2, 0) is 16.1 Å². The van der Waals surface area contributed by atoms with Crippen LogP contribution >= 0.6 is 27.3 Å². The van der Waals surface area contributed by atoms with Crippen molar-refractivity contribution in [2.45, 2.75) is 55.9 Å². The van der Waals surface area contributed by atoms with Gasteiger partial charge in [-0.15, -0.1) is 11.3 Å². The minimum atomic E-state index is -0.0442. The van der Waals surface area contributed by atoms with E-state index in [4.69, 9.17) is 4.74 Å². The van der Waals surface area contributed by atoms with Crippen molar-refractivity contribution >= 4 is 43.5 Å². The average Bonchev–Trinajstić information content (AvgIpc) is 2.93. The molecular formula is C20H22BrNO2S. The van der Waals surface area contributed by atoms with Gasteiger partial charge in [-0.2, -0.15) is 0 Å². The second-order valence-electron chi connectivity index (χ2n) is 8.52. The highest BCUT2D eigenvalue weighted by atomic mass is 79.9. The number of esters is 1. The largest absolute Gasteiger partial charge is 0.458 e. The molecule has 4 atom stereocenters. The van der Waals surface area contributed by atoms with Gasteiger partial charge in [0.2, 0.25) is 0 Å². The summed E-state index contributed by atoms with van der Waals surface area (Å²) in [6, 6.07) is 8.06. The van der Waals surface area contributed by atoms with Crippen LogP contribution < -0.4 is 0 Å². The molecule has 0 saturated heterocycles. The number of benzene rings is 1. The van der Waals surface area contributed by atoms with Crippen LogP contribution in [-0.4, -0.2) is 15.3 Å². The Bertz CT molecular complexity index is 785. The molecule has 2 unspecified atom stereocenters. The SMILES string of the molecule is O=C(CC12C[C@@H]3C[C@@H](CC(Br)(C3)C1)C2)OCc1nc2ccccc2s1. The van der Waals surface area contributed by atoms with Crippen LogP contribution in [0.1, 0.15) is 50.0 Å². The first-order valence-electron chi connectivity index (χ1n) is 9.20. The number of para-hydroxylation sites is 1. The number of hydrogen-bond acceptors (Lipinski definition) is 4. The molecule has 3 nitrogen and oxygen atoms in total. The molecule has 132 valence electrons. The molecule has 4 saturated carbocycles. The Morgan fingerprint density at radius 3 is 2.72 bits per heavy atom. The van der Waals surface area contributed by atoms with Crippen molar-refractivity contribution in [3.05, 3.63) is 29.3 Å². The number of rotatable bonds is 4. The van der Waals surface area contributed by atoms with Crippen LogP contribution in [0, 0.1) is 17.3 Å². The van der Waals surface area contributed by atoms with Crippen molar-refractivity contribution in [1.82, 2.24) is 4.98 Å². The van der Waals surface area contributed by atoms with Crippen molar-refractivity contribution in [1.29, 1.82) is 0 Å². The Balaban J connectivity index is 1.25. The summed E-state index contributed by atoms with van der Waals surface area (Å²) in [5, 5.41) is 0.886. The van der Waals surface area contributed by atoms with Crippen LogP contribution in [0.25, 0.3) is 10.2 Å². The number of hydrogen-bond donors (Lipinski definition) is 0. The van der Waals surface area contributed by atoms with Crippen molar-refractivity contribution in [2.75, 3.05) is 0 Å². The summed E-state index contributed by atoms with van der Waals surface area (Å²) < 4.78 is 7.07. The summed E-state index contributed by atoms with van der Waals surface area (Å²) in [5.41, 5.74) is 1.17. The fourth-order valence-electron chi connectivity index (χ4n) is 6.02. The third-order valence-corrected chi connectivity index (χ3v) is 8.26. The monoisotopic (exact) mass is 419 g/mol. The number of carbonyl (C=O) groups excluding carboxylic acids is 1. The number of aromatic nitrogens is 1. The molecule has 6 rings (SSSR count). The zero-order chi connectivity index (χ0) is 17.1. The van der Waals surface area contributed by atoms with E-state index in [0.29, 0.717) is 17.4 Å². The molecule has 4 aliphatic carbocycles. The van der Waals surface area contributed by atoms with Crippen LogP contribution in [0.5, 0.6) is 0 Å². The van der Waals surface area contributed by atoms with Gasteiger partial charge in [-0.1, -0.05) is 28.1 Å². The normalized spacial score (nSPS) is 36.0. The molecule has 0 amide bonds. The number of halogens is 1. The summed E-state index contributed by atoms with van der Waals surface area (Å²) in [6.07, 6.45) is 8.12. The molecule has 1 aromatic heterocycles. The van der Waals surface area contributed by atoms with Gasteiger partial charge in [-0.05, 0) is 67.9 Å². The van der Waals surface area contributed by atoms with Crippen molar-refractivity contribution in [3.63, 3.8) is 0 Å². The molecule has 0 radical (unpaired) electrons. The first-order chi connectivity index (χ1) is 12.0. The third-order valence-electron chi connectivity index (χ3n) is 6.33. The topological polar surface area (TPSA) is 39.2 Å². The maximum Gasteiger partial charge on any atom is 0.306 e. The Labute approximate surface area is 160 Å². The maximum absolute atomic E-state index is 12.6. The number of nitrogens with zero attached hydrogens (tertiary/aromatic N) is 1. The second kappa shape index (κ2) is 5.78. The quantitative estimate of drug-likeness (QED) is 0.487. The minimum absolute atomic E-state index is 0.0442. The predicted octanol–water partition coefficient (Wildman–Crippen LogP) is 5.46. The molecule has 4 fully saturated rings. The maximum atomic E-state index is 12.6. The number of carbonyl (C=O) groups is 1.